The fourth-order valence-electron chi connectivity index (χ4n) is 3.90. The Balaban J connectivity index is 1.31. The highest BCUT2D eigenvalue weighted by atomic mass is 32.1. The predicted octanol–water partition coefficient (Wildman–Crippen LogP) is 3.15. The number of anilines is 1. The number of rotatable bonds is 4. The Morgan fingerprint density at radius 3 is 2.62 bits per heavy atom. The summed E-state index contributed by atoms with van der Waals surface area (Å²) in [5.74, 6) is -0.613. The van der Waals surface area contributed by atoms with Crippen LogP contribution in [0.3, 0.4) is 0 Å². The quantitative estimate of drug-likeness (QED) is 0.832. The van der Waals surface area contributed by atoms with Gasteiger partial charge >= 0.3 is 0 Å². The number of amides is 2. The fourth-order valence-corrected chi connectivity index (χ4v) is 4.95. The third-order valence-corrected chi connectivity index (χ3v) is 6.73. The van der Waals surface area contributed by atoms with Crippen molar-refractivity contribution >= 4 is 28.3 Å². The summed E-state index contributed by atoms with van der Waals surface area (Å²) in [6.07, 6.45) is 2.17. The van der Waals surface area contributed by atoms with Gasteiger partial charge in [0.15, 0.2) is 5.13 Å². The van der Waals surface area contributed by atoms with E-state index in [1.165, 1.54) is 29.1 Å². The van der Waals surface area contributed by atoms with Gasteiger partial charge in [-0.3, -0.25) is 14.5 Å². The average Bonchev–Trinajstić information content (AvgIpc) is 3.15. The Labute approximate surface area is 173 Å². The zero-order valence-corrected chi connectivity index (χ0v) is 17.3. The number of benzene rings is 1. The van der Waals surface area contributed by atoms with Gasteiger partial charge in [-0.25, -0.2) is 9.37 Å². The lowest BCUT2D eigenvalue weighted by atomic mass is 9.95. The van der Waals surface area contributed by atoms with E-state index in [0.29, 0.717) is 36.6 Å². The number of likely N-dealkylation sites (N-methyl/N-ethyl adjacent to an activating group) is 1. The second-order valence-corrected chi connectivity index (χ2v) is 8.65. The summed E-state index contributed by atoms with van der Waals surface area (Å²) in [7, 11) is 0. The number of piperidine rings is 1. The van der Waals surface area contributed by atoms with Crippen molar-refractivity contribution in [3.05, 3.63) is 46.2 Å². The van der Waals surface area contributed by atoms with Gasteiger partial charge in [-0.2, -0.15) is 0 Å². The average molecular weight is 417 g/mol. The summed E-state index contributed by atoms with van der Waals surface area (Å²) in [4.78, 5) is 35.2. The van der Waals surface area contributed by atoms with Crippen molar-refractivity contribution in [3.63, 3.8) is 0 Å². The molecule has 1 saturated heterocycles. The summed E-state index contributed by atoms with van der Waals surface area (Å²) >= 11 is 1.57. The molecule has 2 aliphatic heterocycles. The fraction of sp³-hybridized carbons (Fsp3) is 0.476. The highest BCUT2D eigenvalue weighted by Gasteiger charge is 2.29. The van der Waals surface area contributed by atoms with Gasteiger partial charge in [-0.05, 0) is 43.7 Å². The maximum Gasteiger partial charge on any atom is 0.253 e. The highest BCUT2D eigenvalue weighted by molar-refractivity contribution is 7.15. The maximum absolute atomic E-state index is 13.0. The number of aromatic nitrogens is 1. The first kappa shape index (κ1) is 20.0. The van der Waals surface area contributed by atoms with E-state index in [9.17, 15) is 14.0 Å². The lowest BCUT2D eigenvalue weighted by molar-refractivity contribution is -0.121. The van der Waals surface area contributed by atoms with Crippen molar-refractivity contribution in [2.75, 3.05) is 31.5 Å². The molecule has 0 atom stereocenters. The Kier molecular flexibility index (Phi) is 5.91. The van der Waals surface area contributed by atoms with Crippen molar-refractivity contribution < 1.29 is 14.0 Å². The van der Waals surface area contributed by atoms with Crippen LogP contribution in [0.4, 0.5) is 9.52 Å². The highest BCUT2D eigenvalue weighted by Crippen LogP contribution is 2.29. The minimum atomic E-state index is -0.358. The van der Waals surface area contributed by atoms with Crippen LogP contribution in [0, 0.1) is 11.7 Å². The van der Waals surface area contributed by atoms with Gasteiger partial charge in [0.1, 0.15) is 5.82 Å². The van der Waals surface area contributed by atoms with Crippen LogP contribution in [0.1, 0.15) is 40.7 Å². The molecule has 0 unspecified atom stereocenters. The summed E-state index contributed by atoms with van der Waals surface area (Å²) in [5.41, 5.74) is 1.58. The van der Waals surface area contributed by atoms with E-state index in [1.54, 1.807) is 16.2 Å². The van der Waals surface area contributed by atoms with Crippen LogP contribution < -0.4 is 5.32 Å². The van der Waals surface area contributed by atoms with Crippen molar-refractivity contribution in [1.29, 1.82) is 0 Å². The zero-order valence-electron chi connectivity index (χ0n) is 16.5. The van der Waals surface area contributed by atoms with E-state index in [4.69, 9.17) is 0 Å². The number of likely N-dealkylation sites (tertiary alicyclic amines) is 1. The van der Waals surface area contributed by atoms with E-state index in [1.807, 2.05) is 0 Å². The molecule has 2 aliphatic rings. The van der Waals surface area contributed by atoms with Gasteiger partial charge in [-0.15, -0.1) is 11.3 Å². The molecule has 29 heavy (non-hydrogen) atoms. The number of hydrogen-bond acceptors (Lipinski definition) is 5. The third-order valence-electron chi connectivity index (χ3n) is 5.73. The molecule has 6 nitrogen and oxygen atoms in total. The van der Waals surface area contributed by atoms with Crippen LogP contribution >= 0.6 is 11.3 Å². The minimum absolute atomic E-state index is 0.0164. The molecular weight excluding hydrogens is 391 g/mol. The summed E-state index contributed by atoms with van der Waals surface area (Å²) in [5, 5.41) is 3.67. The predicted molar refractivity (Wildman–Crippen MR) is 110 cm³/mol. The number of nitrogens with zero attached hydrogens (tertiary/aromatic N) is 3. The Morgan fingerprint density at radius 2 is 1.93 bits per heavy atom. The van der Waals surface area contributed by atoms with E-state index < -0.39 is 0 Å². The summed E-state index contributed by atoms with van der Waals surface area (Å²) < 4.78 is 13.0. The molecule has 1 fully saturated rings. The summed E-state index contributed by atoms with van der Waals surface area (Å²) in [6, 6.07) is 5.59. The molecule has 2 amide bonds. The van der Waals surface area contributed by atoms with Crippen LogP contribution in [0.15, 0.2) is 24.3 Å². The Hall–Kier alpha value is -2.32. The van der Waals surface area contributed by atoms with E-state index in [2.05, 4.69) is 22.1 Å². The van der Waals surface area contributed by atoms with Gasteiger partial charge in [0.2, 0.25) is 5.91 Å². The lowest BCUT2D eigenvalue weighted by Gasteiger charge is -2.31. The third kappa shape index (κ3) is 4.48. The maximum atomic E-state index is 13.0. The molecule has 2 aromatic rings. The molecule has 0 spiro atoms. The van der Waals surface area contributed by atoms with Crippen molar-refractivity contribution in [1.82, 2.24) is 14.8 Å². The number of carbonyl (C=O) groups excluding carboxylic acids is 2. The molecule has 4 rings (SSSR count). The largest absolute Gasteiger partial charge is 0.339 e. The van der Waals surface area contributed by atoms with Crippen LogP contribution in [0.2, 0.25) is 0 Å². The molecule has 0 radical (unpaired) electrons. The molecule has 1 N–H and O–H groups in total. The van der Waals surface area contributed by atoms with Crippen molar-refractivity contribution in [2.24, 2.45) is 5.92 Å². The van der Waals surface area contributed by atoms with Crippen LogP contribution in [0.25, 0.3) is 0 Å². The van der Waals surface area contributed by atoms with Gasteiger partial charge in [-0.1, -0.05) is 6.92 Å². The number of halogens is 1. The van der Waals surface area contributed by atoms with Crippen molar-refractivity contribution in [2.45, 2.75) is 32.7 Å². The molecule has 1 aromatic carbocycles. The standard InChI is InChI=1S/C21H25FN4O2S/c1-2-25-10-9-17-18(13-25)29-21(23-17)24-19(27)14-7-11-26(12-8-14)20(28)15-3-5-16(22)6-4-15/h3-6,14H,2,7-13H2,1H3,(H,23,24,27). The number of nitrogens with one attached hydrogen (secondary N) is 1. The molecule has 0 aliphatic carbocycles. The minimum Gasteiger partial charge on any atom is -0.339 e. The first-order chi connectivity index (χ1) is 14.0. The molecular formula is C21H25FN4O2S. The first-order valence-corrected chi connectivity index (χ1v) is 10.9. The van der Waals surface area contributed by atoms with Gasteiger partial charge in [0, 0.05) is 49.0 Å². The molecule has 154 valence electrons. The number of carbonyl (C=O) groups is 2. The van der Waals surface area contributed by atoms with Gasteiger partial charge < -0.3 is 10.2 Å². The first-order valence-electron chi connectivity index (χ1n) is 10.1. The van der Waals surface area contributed by atoms with Crippen molar-refractivity contribution in [3.8, 4) is 0 Å². The molecule has 8 heteroatoms. The molecule has 0 bridgehead atoms. The number of fused-ring (bicyclic) bond motifs is 1. The Bertz CT molecular complexity index is 891. The molecule has 0 saturated carbocycles. The SMILES string of the molecule is CCN1CCc2nc(NC(=O)C3CCN(C(=O)c4ccc(F)cc4)CC3)sc2C1. The van der Waals surface area contributed by atoms with Gasteiger partial charge in [0.05, 0.1) is 5.69 Å². The monoisotopic (exact) mass is 416 g/mol. The lowest BCUT2D eigenvalue weighted by Crippen LogP contribution is -2.41. The second kappa shape index (κ2) is 8.59. The smallest absolute Gasteiger partial charge is 0.253 e. The van der Waals surface area contributed by atoms with Crippen LogP contribution in [-0.2, 0) is 17.8 Å². The van der Waals surface area contributed by atoms with E-state index >= 15 is 0 Å². The van der Waals surface area contributed by atoms with Crippen LogP contribution in [-0.4, -0.2) is 52.8 Å². The normalized spacial score (nSPS) is 17.8. The van der Waals surface area contributed by atoms with Gasteiger partial charge in [0.25, 0.3) is 5.91 Å². The van der Waals surface area contributed by atoms with E-state index in [0.717, 1.165) is 31.7 Å². The number of thiazole rings is 1. The topological polar surface area (TPSA) is 65.5 Å². The summed E-state index contributed by atoms with van der Waals surface area (Å²) in [6.45, 7) is 6.14. The second-order valence-electron chi connectivity index (χ2n) is 7.57. The number of hydrogen-bond donors (Lipinski definition) is 1. The molecule has 3 heterocycles. The zero-order chi connectivity index (χ0) is 20.4. The molecule has 1 aromatic heterocycles. The Morgan fingerprint density at radius 1 is 1.21 bits per heavy atom. The van der Waals surface area contributed by atoms with Crippen LogP contribution in [0.5, 0.6) is 0 Å². The van der Waals surface area contributed by atoms with E-state index in [-0.39, 0.29) is 23.5 Å².